The molecule has 2 aliphatic rings. The second-order valence-electron chi connectivity index (χ2n) is 15.2. The summed E-state index contributed by atoms with van der Waals surface area (Å²) in [5, 5.41) is 13.1. The van der Waals surface area contributed by atoms with Gasteiger partial charge in [0.1, 0.15) is 36.6 Å². The van der Waals surface area contributed by atoms with Crippen LogP contribution in [0.5, 0.6) is 17.2 Å². The molecule has 6 rings (SSSR count). The molecule has 50 heavy (non-hydrogen) atoms. The van der Waals surface area contributed by atoms with E-state index in [1.807, 2.05) is 24.3 Å². The summed E-state index contributed by atoms with van der Waals surface area (Å²) in [7, 11) is -2.13. The number of aliphatic hydroxyl groups excluding tert-OH is 1. The van der Waals surface area contributed by atoms with Crippen molar-refractivity contribution in [3.63, 3.8) is 0 Å². The number of thiophene rings is 1. The molecule has 8 heteroatoms. The Morgan fingerprint density at radius 1 is 0.660 bits per heavy atom. The van der Waals surface area contributed by atoms with Gasteiger partial charge >= 0.3 is 0 Å². The molecule has 1 unspecified atom stereocenters. The van der Waals surface area contributed by atoms with E-state index in [-0.39, 0.29) is 0 Å². The van der Waals surface area contributed by atoms with Gasteiger partial charge in [0.2, 0.25) is 0 Å². The van der Waals surface area contributed by atoms with Gasteiger partial charge in [0.25, 0.3) is 8.32 Å². The van der Waals surface area contributed by atoms with Crippen molar-refractivity contribution in [2.45, 2.75) is 90.0 Å². The zero-order valence-electron chi connectivity index (χ0n) is 31.1. The maximum atomic E-state index is 12.1. The molecule has 3 heterocycles. The van der Waals surface area contributed by atoms with Crippen LogP contribution in [0.4, 0.5) is 0 Å². The summed E-state index contributed by atoms with van der Waals surface area (Å²) in [6.45, 7) is 21.9. The summed E-state index contributed by atoms with van der Waals surface area (Å²) >= 11 is 1.73. The van der Waals surface area contributed by atoms with E-state index in [0.29, 0.717) is 29.8 Å². The number of ether oxygens (including phenoxy) is 2. The number of hydrogen-bond acceptors (Lipinski definition) is 7. The van der Waals surface area contributed by atoms with Crippen molar-refractivity contribution in [3.8, 4) is 27.7 Å². The van der Waals surface area contributed by atoms with Crippen LogP contribution in [0, 0.1) is 0 Å². The van der Waals surface area contributed by atoms with Crippen LogP contribution in [0.25, 0.3) is 20.5 Å². The lowest BCUT2D eigenvalue weighted by Crippen LogP contribution is -2.50. The average molecular weight is 715 g/mol. The Hall–Kier alpha value is -2.88. The maximum Gasteiger partial charge on any atom is 0.258 e. The fourth-order valence-corrected chi connectivity index (χ4v) is 14.9. The lowest BCUT2D eigenvalue weighted by atomic mass is 9.96. The van der Waals surface area contributed by atoms with Gasteiger partial charge in [0, 0.05) is 28.2 Å². The summed E-state index contributed by atoms with van der Waals surface area (Å²) in [4.78, 5) is 6.00. The van der Waals surface area contributed by atoms with Crippen molar-refractivity contribution in [1.82, 2.24) is 9.80 Å². The lowest BCUT2D eigenvalue weighted by Gasteiger charge is -2.42. The van der Waals surface area contributed by atoms with Crippen LogP contribution >= 0.6 is 11.3 Å². The third kappa shape index (κ3) is 8.26. The smallest absolute Gasteiger partial charge is 0.258 e. The van der Waals surface area contributed by atoms with E-state index in [1.54, 1.807) is 11.3 Å². The molecule has 0 spiro atoms. The third-order valence-corrected chi connectivity index (χ3v) is 18.3. The number of fused-ring (bicyclic) bond motifs is 1. The highest BCUT2D eigenvalue weighted by molar-refractivity contribution is 7.22. The normalized spacial score (nSPS) is 16.7. The third-order valence-electron chi connectivity index (χ3n) is 11.0. The van der Waals surface area contributed by atoms with Gasteiger partial charge in [-0.05, 0) is 140 Å². The fourth-order valence-electron chi connectivity index (χ4n) is 8.42. The minimum Gasteiger partial charge on any atom is -0.543 e. The van der Waals surface area contributed by atoms with Crippen LogP contribution < -0.4 is 13.9 Å². The molecule has 2 aliphatic heterocycles. The van der Waals surface area contributed by atoms with Crippen molar-refractivity contribution in [3.05, 3.63) is 77.9 Å². The van der Waals surface area contributed by atoms with Crippen molar-refractivity contribution in [1.29, 1.82) is 0 Å². The van der Waals surface area contributed by atoms with Crippen LogP contribution in [-0.2, 0) is 0 Å². The topological polar surface area (TPSA) is 54.4 Å². The van der Waals surface area contributed by atoms with Gasteiger partial charge in [-0.25, -0.2) is 0 Å². The minimum absolute atomic E-state index is 0.484. The number of nitrogens with zero attached hydrogens (tertiary/aromatic N) is 2. The Balaban J connectivity index is 1.28. The average Bonchev–Trinajstić information content (AvgIpc) is 3.89. The van der Waals surface area contributed by atoms with Crippen LogP contribution in [0.2, 0.25) is 16.6 Å². The van der Waals surface area contributed by atoms with Crippen molar-refractivity contribution >= 4 is 29.7 Å². The highest BCUT2D eigenvalue weighted by Gasteiger charge is 2.47. The van der Waals surface area contributed by atoms with E-state index in [4.69, 9.17) is 13.9 Å². The van der Waals surface area contributed by atoms with Crippen molar-refractivity contribution in [2.24, 2.45) is 0 Å². The van der Waals surface area contributed by atoms with E-state index >= 15 is 0 Å². The SMILES string of the molecule is CC(C)[Si](Oc1ccc2c(C(O)c3ccc(OCCN4CCCC4)cc3)c(-c3ccc(OCCN4CCCC4)cc3)sc2c1)(C(C)C)C(C)C. The first kappa shape index (κ1) is 36.9. The first-order chi connectivity index (χ1) is 24.2. The minimum atomic E-state index is -2.13. The predicted octanol–water partition coefficient (Wildman–Crippen LogP) is 10.2. The summed E-state index contributed by atoms with van der Waals surface area (Å²) in [5.74, 6) is 2.65. The quantitative estimate of drug-likeness (QED) is 0.117. The van der Waals surface area contributed by atoms with E-state index in [2.05, 4.69) is 93.8 Å². The van der Waals surface area contributed by atoms with Gasteiger partial charge in [-0.1, -0.05) is 53.7 Å². The van der Waals surface area contributed by atoms with Gasteiger partial charge in [-0.15, -0.1) is 11.3 Å². The largest absolute Gasteiger partial charge is 0.543 e. The predicted molar refractivity (Wildman–Crippen MR) is 212 cm³/mol. The second kappa shape index (κ2) is 16.6. The molecule has 2 fully saturated rings. The number of hydrogen-bond donors (Lipinski definition) is 1. The summed E-state index contributed by atoms with van der Waals surface area (Å²) in [6, 6.07) is 22.9. The van der Waals surface area contributed by atoms with Gasteiger partial charge < -0.3 is 19.0 Å². The Morgan fingerprint density at radius 3 is 1.64 bits per heavy atom. The molecule has 0 saturated carbocycles. The molecular formula is C42H58N2O4SSi. The Kier molecular flexibility index (Phi) is 12.3. The number of benzene rings is 3. The van der Waals surface area contributed by atoms with Crippen LogP contribution in [0.3, 0.4) is 0 Å². The van der Waals surface area contributed by atoms with E-state index in [1.165, 1.54) is 51.9 Å². The van der Waals surface area contributed by atoms with Crippen LogP contribution in [0.1, 0.15) is 84.5 Å². The standard InChI is InChI=1S/C42H58N2O4SSi/c1-30(2)50(31(3)4,32(5)6)48-37-19-20-38-39(29-37)49-42(34-13-17-36(18-14-34)47-28-26-44-23-9-10-24-44)40(38)41(45)33-11-15-35(16-12-33)46-27-25-43-21-7-8-22-43/h11-20,29-32,41,45H,7-10,21-28H2,1-6H3. The van der Waals surface area contributed by atoms with Crippen molar-refractivity contribution < 1.29 is 19.0 Å². The molecule has 3 aromatic carbocycles. The van der Waals surface area contributed by atoms with Gasteiger partial charge in [-0.2, -0.15) is 0 Å². The molecule has 0 amide bonds. The van der Waals surface area contributed by atoms with E-state index in [0.717, 1.165) is 62.0 Å². The van der Waals surface area contributed by atoms with Crippen LogP contribution in [0.15, 0.2) is 66.7 Å². The van der Waals surface area contributed by atoms with Gasteiger partial charge in [-0.3, -0.25) is 9.80 Å². The molecule has 0 aliphatic carbocycles. The molecule has 4 aromatic rings. The van der Waals surface area contributed by atoms with E-state index < -0.39 is 14.4 Å². The Labute approximate surface area is 305 Å². The monoisotopic (exact) mass is 714 g/mol. The molecule has 1 atom stereocenters. The van der Waals surface area contributed by atoms with Crippen LogP contribution in [-0.4, -0.2) is 75.7 Å². The highest BCUT2D eigenvalue weighted by atomic mass is 32.1. The molecule has 1 N–H and O–H groups in total. The molecule has 6 nitrogen and oxygen atoms in total. The van der Waals surface area contributed by atoms with E-state index in [9.17, 15) is 5.11 Å². The zero-order chi connectivity index (χ0) is 35.3. The lowest BCUT2D eigenvalue weighted by molar-refractivity contribution is 0.222. The Morgan fingerprint density at radius 2 is 1.14 bits per heavy atom. The Bertz CT molecular complexity index is 1640. The highest BCUT2D eigenvalue weighted by Crippen LogP contribution is 2.47. The molecule has 0 bridgehead atoms. The van der Waals surface area contributed by atoms with Gasteiger partial charge in [0.05, 0.1) is 0 Å². The summed E-state index contributed by atoms with van der Waals surface area (Å²) in [6.07, 6.45) is 4.35. The number of rotatable bonds is 16. The zero-order valence-corrected chi connectivity index (χ0v) is 32.9. The van der Waals surface area contributed by atoms with Crippen molar-refractivity contribution in [2.75, 3.05) is 52.5 Å². The van der Waals surface area contributed by atoms with Gasteiger partial charge in [0.15, 0.2) is 0 Å². The number of likely N-dealkylation sites (tertiary alicyclic amines) is 2. The molecule has 1 aromatic heterocycles. The first-order valence-corrected chi connectivity index (χ1v) is 22.0. The fraction of sp³-hybridized carbons (Fsp3) is 0.524. The number of aliphatic hydroxyl groups is 1. The first-order valence-electron chi connectivity index (χ1n) is 19.0. The summed E-state index contributed by atoms with van der Waals surface area (Å²) < 4.78 is 20.5. The molecular weight excluding hydrogens is 657 g/mol. The molecule has 2 saturated heterocycles. The maximum absolute atomic E-state index is 12.1. The summed E-state index contributed by atoms with van der Waals surface area (Å²) in [5.41, 5.74) is 4.31. The second-order valence-corrected chi connectivity index (χ2v) is 21.6. The molecule has 270 valence electrons. The molecule has 0 radical (unpaired) electrons.